The second kappa shape index (κ2) is 14.9. The third-order valence-electron chi connectivity index (χ3n) is 6.96. The van der Waals surface area contributed by atoms with Crippen molar-refractivity contribution in [3.63, 3.8) is 0 Å². The van der Waals surface area contributed by atoms with E-state index in [-0.39, 0.29) is 18.1 Å². The first-order valence-corrected chi connectivity index (χ1v) is 14.5. The van der Waals surface area contributed by atoms with Gasteiger partial charge in [0.05, 0.1) is 12.3 Å². The van der Waals surface area contributed by atoms with Gasteiger partial charge in [0, 0.05) is 36.0 Å². The highest BCUT2D eigenvalue weighted by atomic mass is 16.5. The number of carbonyl (C=O) groups is 2. The van der Waals surface area contributed by atoms with Crippen LogP contribution in [-0.4, -0.2) is 44.8 Å². The first kappa shape index (κ1) is 30.4. The Morgan fingerprint density at radius 2 is 1.57 bits per heavy atom. The lowest BCUT2D eigenvalue weighted by Gasteiger charge is -2.14. The number of rotatable bonds is 15. The van der Waals surface area contributed by atoms with Gasteiger partial charge in [-0.05, 0) is 35.6 Å². The maximum Gasteiger partial charge on any atom is 0.326 e. The molecule has 1 amide bonds. The first-order valence-electron chi connectivity index (χ1n) is 14.5. The highest BCUT2D eigenvalue weighted by Crippen LogP contribution is 2.24. The Morgan fingerprint density at radius 1 is 0.905 bits per heavy atom. The number of nitrogens with zero attached hydrogens (tertiary/aromatic N) is 3. The minimum Gasteiger partial charge on any atom is -0.494 e. The standard InChI is InChI=1S/C33H38N4O5/c1-4-5-6-7-8-17-41-27-15-13-24(14-16-27)26-20-34-31(35-21-26)25-11-9-23(10-12-25)18-29(33(39)40)36-32(38)30-19-28(22(2)3)37-42-30/h9-16,19-22,29H,4-8,17-18H2,1-3H3,(H,36,38)(H,39,40). The van der Waals surface area contributed by atoms with E-state index in [9.17, 15) is 14.7 Å². The van der Waals surface area contributed by atoms with Gasteiger partial charge >= 0.3 is 5.97 Å². The van der Waals surface area contributed by atoms with E-state index in [1.54, 1.807) is 12.4 Å². The van der Waals surface area contributed by atoms with Crippen LogP contribution >= 0.6 is 0 Å². The zero-order valence-electron chi connectivity index (χ0n) is 24.4. The number of aliphatic carboxylic acids is 1. The van der Waals surface area contributed by atoms with E-state index in [2.05, 4.69) is 27.4 Å². The van der Waals surface area contributed by atoms with Gasteiger partial charge in [-0.2, -0.15) is 0 Å². The van der Waals surface area contributed by atoms with E-state index in [1.807, 2.05) is 62.4 Å². The summed E-state index contributed by atoms with van der Waals surface area (Å²) >= 11 is 0. The predicted molar refractivity (Wildman–Crippen MR) is 160 cm³/mol. The molecule has 0 fully saturated rings. The Hall–Kier alpha value is -4.53. The second-order valence-electron chi connectivity index (χ2n) is 10.6. The fraction of sp³-hybridized carbons (Fsp3) is 0.364. The summed E-state index contributed by atoms with van der Waals surface area (Å²) in [5.41, 5.74) is 4.07. The smallest absolute Gasteiger partial charge is 0.326 e. The number of carbonyl (C=O) groups excluding carboxylic acids is 1. The van der Waals surface area contributed by atoms with Crippen LogP contribution in [-0.2, 0) is 11.2 Å². The van der Waals surface area contributed by atoms with Crippen molar-refractivity contribution in [2.24, 2.45) is 0 Å². The Kier molecular flexibility index (Phi) is 10.8. The Balaban J connectivity index is 1.32. The van der Waals surface area contributed by atoms with E-state index in [4.69, 9.17) is 9.26 Å². The quantitative estimate of drug-likeness (QED) is 0.151. The molecule has 220 valence electrons. The molecule has 0 saturated heterocycles. The maximum atomic E-state index is 12.5. The average molecular weight is 571 g/mol. The number of unbranched alkanes of at least 4 members (excludes halogenated alkanes) is 4. The zero-order valence-corrected chi connectivity index (χ0v) is 24.4. The number of aromatic nitrogens is 3. The first-order chi connectivity index (χ1) is 20.3. The molecule has 9 heteroatoms. The molecular weight excluding hydrogens is 532 g/mol. The average Bonchev–Trinajstić information content (AvgIpc) is 3.51. The van der Waals surface area contributed by atoms with E-state index in [0.29, 0.717) is 11.5 Å². The summed E-state index contributed by atoms with van der Waals surface area (Å²) in [7, 11) is 0. The molecular formula is C33H38N4O5. The number of hydrogen-bond donors (Lipinski definition) is 2. The highest BCUT2D eigenvalue weighted by molar-refractivity contribution is 5.94. The number of carboxylic acids is 1. The Labute approximate surface area is 246 Å². The van der Waals surface area contributed by atoms with Crippen LogP contribution in [0.5, 0.6) is 5.75 Å². The van der Waals surface area contributed by atoms with Crippen molar-refractivity contribution in [1.29, 1.82) is 0 Å². The molecule has 2 aromatic carbocycles. The molecule has 0 spiro atoms. The van der Waals surface area contributed by atoms with Crippen LogP contribution in [0.4, 0.5) is 0 Å². The van der Waals surface area contributed by atoms with Gasteiger partial charge in [0.2, 0.25) is 5.76 Å². The molecule has 0 bridgehead atoms. The number of benzene rings is 2. The topological polar surface area (TPSA) is 127 Å². The van der Waals surface area contributed by atoms with Crippen molar-refractivity contribution in [3.05, 3.63) is 84.0 Å². The van der Waals surface area contributed by atoms with Gasteiger partial charge < -0.3 is 19.7 Å². The summed E-state index contributed by atoms with van der Waals surface area (Å²) in [6, 6.07) is 15.6. The van der Waals surface area contributed by atoms with E-state index in [0.717, 1.165) is 41.0 Å². The van der Waals surface area contributed by atoms with Crippen molar-refractivity contribution in [3.8, 4) is 28.3 Å². The van der Waals surface area contributed by atoms with Crippen LogP contribution in [0, 0.1) is 0 Å². The fourth-order valence-electron chi connectivity index (χ4n) is 4.39. The number of nitrogens with one attached hydrogen (secondary N) is 1. The van der Waals surface area contributed by atoms with Crippen LogP contribution in [0.25, 0.3) is 22.5 Å². The minimum atomic E-state index is -1.14. The molecule has 0 radical (unpaired) electrons. The van der Waals surface area contributed by atoms with Gasteiger partial charge in [0.15, 0.2) is 5.82 Å². The molecule has 1 atom stereocenters. The van der Waals surface area contributed by atoms with E-state index >= 15 is 0 Å². The molecule has 0 aliphatic heterocycles. The molecule has 1 unspecified atom stereocenters. The van der Waals surface area contributed by atoms with Gasteiger partial charge in [-0.15, -0.1) is 0 Å². The zero-order chi connectivity index (χ0) is 29.9. The number of amides is 1. The van der Waals surface area contributed by atoms with Crippen molar-refractivity contribution in [2.45, 2.75) is 71.3 Å². The van der Waals surface area contributed by atoms with Gasteiger partial charge in [0.1, 0.15) is 11.8 Å². The lowest BCUT2D eigenvalue weighted by molar-refractivity contribution is -0.139. The number of hydrogen-bond acceptors (Lipinski definition) is 7. The van der Waals surface area contributed by atoms with Crippen LogP contribution in [0.15, 0.2) is 71.5 Å². The van der Waals surface area contributed by atoms with Crippen molar-refractivity contribution in [1.82, 2.24) is 20.4 Å². The van der Waals surface area contributed by atoms with Crippen LogP contribution in [0.2, 0.25) is 0 Å². The third kappa shape index (κ3) is 8.49. The normalized spacial score (nSPS) is 11.8. The molecule has 4 rings (SSSR count). The molecule has 2 aromatic heterocycles. The lowest BCUT2D eigenvalue weighted by Crippen LogP contribution is -2.42. The molecule has 2 heterocycles. The molecule has 0 aliphatic rings. The molecule has 0 saturated carbocycles. The summed E-state index contributed by atoms with van der Waals surface area (Å²) in [5.74, 6) is -0.273. The summed E-state index contributed by atoms with van der Waals surface area (Å²) in [4.78, 5) is 33.4. The Bertz CT molecular complexity index is 1430. The van der Waals surface area contributed by atoms with Crippen LogP contribution < -0.4 is 10.1 Å². The van der Waals surface area contributed by atoms with Gasteiger partial charge in [-0.25, -0.2) is 14.8 Å². The third-order valence-corrected chi connectivity index (χ3v) is 6.96. The van der Waals surface area contributed by atoms with Crippen molar-refractivity contribution in [2.75, 3.05) is 6.61 Å². The molecule has 9 nitrogen and oxygen atoms in total. The molecule has 42 heavy (non-hydrogen) atoms. The number of carboxylic acid groups (broad SMARTS) is 1. The van der Waals surface area contributed by atoms with Crippen molar-refractivity contribution < 1.29 is 24.0 Å². The summed E-state index contributed by atoms with van der Waals surface area (Å²) < 4.78 is 10.9. The Morgan fingerprint density at radius 3 is 2.19 bits per heavy atom. The number of ether oxygens (including phenoxy) is 1. The van der Waals surface area contributed by atoms with Gasteiger partial charge in [-0.1, -0.05) is 88.0 Å². The fourth-order valence-corrected chi connectivity index (χ4v) is 4.39. The van der Waals surface area contributed by atoms with Crippen LogP contribution in [0.1, 0.15) is 80.6 Å². The summed E-state index contributed by atoms with van der Waals surface area (Å²) in [6.45, 7) is 6.79. The summed E-state index contributed by atoms with van der Waals surface area (Å²) in [6.07, 6.45) is 9.71. The molecule has 0 aliphatic carbocycles. The molecule has 4 aromatic rings. The lowest BCUT2D eigenvalue weighted by atomic mass is 10.0. The maximum absolute atomic E-state index is 12.5. The minimum absolute atomic E-state index is 0.0154. The second-order valence-corrected chi connectivity index (χ2v) is 10.6. The highest BCUT2D eigenvalue weighted by Gasteiger charge is 2.24. The molecule has 2 N–H and O–H groups in total. The van der Waals surface area contributed by atoms with E-state index < -0.39 is 17.9 Å². The SMILES string of the molecule is CCCCCCCOc1ccc(-c2cnc(-c3ccc(CC(NC(=O)c4cc(C(C)C)no4)C(=O)O)cc3)nc2)cc1. The van der Waals surface area contributed by atoms with Gasteiger partial charge in [0.25, 0.3) is 5.91 Å². The van der Waals surface area contributed by atoms with Crippen molar-refractivity contribution >= 4 is 11.9 Å². The monoisotopic (exact) mass is 570 g/mol. The summed E-state index contributed by atoms with van der Waals surface area (Å²) in [5, 5.41) is 16.1. The predicted octanol–water partition coefficient (Wildman–Crippen LogP) is 6.70. The van der Waals surface area contributed by atoms with E-state index in [1.165, 1.54) is 31.7 Å². The van der Waals surface area contributed by atoms with Gasteiger partial charge in [-0.3, -0.25) is 4.79 Å². The largest absolute Gasteiger partial charge is 0.494 e. The van der Waals surface area contributed by atoms with Crippen LogP contribution in [0.3, 0.4) is 0 Å².